The largest absolute Gasteiger partial charge is 0.379 e. The molecule has 2 bridgehead atoms. The predicted molar refractivity (Wildman–Crippen MR) is 86.0 cm³/mol. The third kappa shape index (κ3) is 1.57. The van der Waals surface area contributed by atoms with Gasteiger partial charge in [0, 0.05) is 25.8 Å². The van der Waals surface area contributed by atoms with Crippen LogP contribution in [0.15, 0.2) is 54.7 Å². The molecule has 2 unspecified atom stereocenters. The zero-order valence-corrected chi connectivity index (χ0v) is 12.9. The van der Waals surface area contributed by atoms with E-state index in [9.17, 15) is 4.39 Å². The van der Waals surface area contributed by atoms with Crippen LogP contribution in [0.5, 0.6) is 0 Å². The van der Waals surface area contributed by atoms with E-state index >= 15 is 0 Å². The van der Waals surface area contributed by atoms with Gasteiger partial charge in [-0.15, -0.1) is 0 Å². The maximum Gasteiger partial charge on any atom is 0.123 e. The lowest BCUT2D eigenvalue weighted by molar-refractivity contribution is 0.332. The number of hydrogen-bond donors (Lipinski definition) is 1. The minimum atomic E-state index is -0.527. The Balaban J connectivity index is 2.06. The van der Waals surface area contributed by atoms with Crippen molar-refractivity contribution in [3.63, 3.8) is 0 Å². The van der Waals surface area contributed by atoms with Crippen LogP contribution in [0.3, 0.4) is 0 Å². The number of halogens is 1. The van der Waals surface area contributed by atoms with Crippen molar-refractivity contribution < 1.29 is 4.39 Å². The van der Waals surface area contributed by atoms with E-state index in [1.165, 1.54) is 16.7 Å². The fourth-order valence-electron chi connectivity index (χ4n) is 3.97. The van der Waals surface area contributed by atoms with Crippen molar-refractivity contribution in [1.29, 1.82) is 0 Å². The zero-order valence-electron chi connectivity index (χ0n) is 12.9. The summed E-state index contributed by atoms with van der Waals surface area (Å²) in [6, 6.07) is 13.8. The third-order valence-electron chi connectivity index (χ3n) is 5.00. The van der Waals surface area contributed by atoms with E-state index in [1.54, 1.807) is 12.1 Å². The van der Waals surface area contributed by atoms with Crippen LogP contribution in [0.4, 0.5) is 4.39 Å². The van der Waals surface area contributed by atoms with Crippen LogP contribution >= 0.6 is 0 Å². The number of fused-ring (bicyclic) bond motifs is 7. The summed E-state index contributed by atoms with van der Waals surface area (Å²) < 4.78 is 14.0. The highest BCUT2D eigenvalue weighted by Crippen LogP contribution is 2.52. The minimum Gasteiger partial charge on any atom is -0.379 e. The summed E-state index contributed by atoms with van der Waals surface area (Å²) in [6.45, 7) is 4.32. The summed E-state index contributed by atoms with van der Waals surface area (Å²) in [5.41, 5.74) is 5.09. The van der Waals surface area contributed by atoms with E-state index in [0.29, 0.717) is 0 Å². The van der Waals surface area contributed by atoms with Crippen LogP contribution in [0, 0.1) is 5.82 Å². The van der Waals surface area contributed by atoms with Gasteiger partial charge in [0.2, 0.25) is 0 Å². The van der Waals surface area contributed by atoms with Gasteiger partial charge in [-0.1, -0.05) is 36.9 Å². The average molecular weight is 294 g/mol. The standard InChI is InChI=1S/C19H19FN2/c1-12(22(2)3)19-16-7-5-4-6-13(16)10-18(21-19)15-9-8-14(20)11-17(15)19/h4-9,11,18,21H,1,10H2,2-3H3. The van der Waals surface area contributed by atoms with E-state index in [2.05, 4.69) is 30.1 Å². The molecule has 0 saturated carbocycles. The summed E-state index contributed by atoms with van der Waals surface area (Å²) in [6.07, 6.45) is 0.928. The molecule has 2 atom stereocenters. The monoisotopic (exact) mass is 294 g/mol. The second-order valence-corrected chi connectivity index (χ2v) is 6.38. The van der Waals surface area contributed by atoms with E-state index in [0.717, 1.165) is 17.7 Å². The smallest absolute Gasteiger partial charge is 0.123 e. The highest BCUT2D eigenvalue weighted by Gasteiger charge is 2.51. The molecule has 0 saturated heterocycles. The molecule has 0 fully saturated rings. The number of nitrogens with zero attached hydrogens (tertiary/aromatic N) is 1. The first kappa shape index (κ1) is 13.5. The number of likely N-dealkylation sites (N-methyl/N-ethyl adjacent to an activating group) is 1. The van der Waals surface area contributed by atoms with E-state index in [-0.39, 0.29) is 11.9 Å². The number of nitrogens with one attached hydrogen (secondary N) is 1. The first-order valence-corrected chi connectivity index (χ1v) is 7.57. The second-order valence-electron chi connectivity index (χ2n) is 6.38. The highest BCUT2D eigenvalue weighted by atomic mass is 19.1. The first-order valence-electron chi connectivity index (χ1n) is 7.57. The van der Waals surface area contributed by atoms with Gasteiger partial charge in [-0.25, -0.2) is 4.39 Å². The molecular weight excluding hydrogens is 275 g/mol. The van der Waals surface area contributed by atoms with Crippen LogP contribution in [0.25, 0.3) is 0 Å². The normalized spacial score (nSPS) is 24.6. The fraction of sp³-hybridized carbons (Fsp3) is 0.263. The molecule has 22 heavy (non-hydrogen) atoms. The Morgan fingerprint density at radius 3 is 2.77 bits per heavy atom. The molecule has 2 nitrogen and oxygen atoms in total. The predicted octanol–water partition coefficient (Wildman–Crippen LogP) is 3.35. The second kappa shape index (κ2) is 4.43. The average Bonchev–Trinajstić information content (AvgIpc) is 2.77. The molecule has 3 heteroatoms. The highest BCUT2D eigenvalue weighted by molar-refractivity contribution is 5.60. The molecule has 4 rings (SSSR count). The van der Waals surface area contributed by atoms with Gasteiger partial charge in [-0.2, -0.15) is 0 Å². The van der Waals surface area contributed by atoms with Crippen LogP contribution in [-0.2, 0) is 12.0 Å². The molecule has 0 spiro atoms. The Kier molecular flexibility index (Phi) is 2.73. The van der Waals surface area contributed by atoms with Crippen molar-refractivity contribution in [2.24, 2.45) is 0 Å². The van der Waals surface area contributed by atoms with Gasteiger partial charge in [-0.05, 0) is 40.8 Å². The van der Waals surface area contributed by atoms with E-state index in [4.69, 9.17) is 0 Å². The molecule has 2 aliphatic heterocycles. The van der Waals surface area contributed by atoms with Gasteiger partial charge in [0.15, 0.2) is 0 Å². The van der Waals surface area contributed by atoms with Crippen molar-refractivity contribution >= 4 is 0 Å². The molecule has 0 aliphatic carbocycles. The number of hydrogen-bond acceptors (Lipinski definition) is 2. The maximum atomic E-state index is 14.0. The van der Waals surface area contributed by atoms with Crippen molar-refractivity contribution in [2.75, 3.05) is 14.1 Å². The van der Waals surface area contributed by atoms with Gasteiger partial charge < -0.3 is 4.90 Å². The molecule has 2 aromatic rings. The van der Waals surface area contributed by atoms with Crippen LogP contribution < -0.4 is 5.32 Å². The van der Waals surface area contributed by atoms with Crippen LogP contribution in [-0.4, -0.2) is 19.0 Å². The van der Waals surface area contributed by atoms with E-state index in [1.807, 2.05) is 31.1 Å². The van der Waals surface area contributed by atoms with Gasteiger partial charge in [0.25, 0.3) is 0 Å². The lowest BCUT2D eigenvalue weighted by atomic mass is 9.78. The number of rotatable bonds is 2. The molecule has 1 N–H and O–H groups in total. The maximum absolute atomic E-state index is 14.0. The summed E-state index contributed by atoms with van der Waals surface area (Å²) in [7, 11) is 3.98. The fourth-order valence-corrected chi connectivity index (χ4v) is 3.97. The van der Waals surface area contributed by atoms with Gasteiger partial charge in [0.05, 0.1) is 0 Å². The lowest BCUT2D eigenvalue weighted by Crippen LogP contribution is -2.48. The molecule has 0 radical (unpaired) electrons. The van der Waals surface area contributed by atoms with Gasteiger partial charge in [-0.3, -0.25) is 5.32 Å². The summed E-state index contributed by atoms with van der Waals surface area (Å²) in [5.74, 6) is -0.198. The SMILES string of the molecule is C=C(N(C)C)C12NC(Cc3ccccc31)c1ccc(F)cc12. The Morgan fingerprint density at radius 1 is 1.23 bits per heavy atom. The summed E-state index contributed by atoms with van der Waals surface area (Å²) in [5, 5.41) is 3.73. The molecule has 0 amide bonds. The Hall–Kier alpha value is -2.13. The van der Waals surface area contributed by atoms with E-state index < -0.39 is 5.54 Å². The summed E-state index contributed by atoms with van der Waals surface area (Å²) >= 11 is 0. The van der Waals surface area contributed by atoms with Crippen LogP contribution in [0.2, 0.25) is 0 Å². The molecule has 0 aromatic heterocycles. The van der Waals surface area contributed by atoms with Crippen LogP contribution in [0.1, 0.15) is 28.3 Å². The van der Waals surface area contributed by atoms with Crippen molar-refractivity contribution in [3.05, 3.63) is 82.8 Å². The summed E-state index contributed by atoms with van der Waals surface area (Å²) in [4.78, 5) is 2.02. The van der Waals surface area contributed by atoms with Crippen molar-refractivity contribution in [3.8, 4) is 0 Å². The quantitative estimate of drug-likeness (QED) is 0.914. The molecule has 2 heterocycles. The Bertz CT molecular complexity index is 781. The number of benzene rings is 2. The third-order valence-corrected chi connectivity index (χ3v) is 5.00. The lowest BCUT2D eigenvalue weighted by Gasteiger charge is -2.41. The van der Waals surface area contributed by atoms with Crippen molar-refractivity contribution in [2.45, 2.75) is 18.0 Å². The topological polar surface area (TPSA) is 15.3 Å². The minimum absolute atomic E-state index is 0.198. The molecule has 112 valence electrons. The molecule has 2 aliphatic rings. The Morgan fingerprint density at radius 2 is 2.00 bits per heavy atom. The van der Waals surface area contributed by atoms with Gasteiger partial charge >= 0.3 is 0 Å². The molecular formula is C19H19FN2. The Labute approximate surface area is 130 Å². The first-order chi connectivity index (χ1) is 10.5. The van der Waals surface area contributed by atoms with Crippen molar-refractivity contribution in [1.82, 2.24) is 10.2 Å². The van der Waals surface area contributed by atoms with Gasteiger partial charge in [0.1, 0.15) is 11.4 Å². The molecule has 2 aromatic carbocycles. The zero-order chi connectivity index (χ0) is 15.5.